The topological polar surface area (TPSA) is 29.3 Å². The molecule has 0 aromatic heterocycles. The highest BCUT2D eigenvalue weighted by atomic mass is 32.2. The zero-order chi connectivity index (χ0) is 10.8. The van der Waals surface area contributed by atoms with E-state index in [2.05, 4.69) is 18.2 Å². The highest BCUT2D eigenvalue weighted by Gasteiger charge is 2.45. The predicted molar refractivity (Wildman–Crippen MR) is 68.2 cm³/mol. The van der Waals surface area contributed by atoms with Gasteiger partial charge in [0.05, 0.1) is 0 Å². The maximum Gasteiger partial charge on any atom is 0.0111 e. The molecule has 88 valence electrons. The van der Waals surface area contributed by atoms with Crippen molar-refractivity contribution in [1.82, 2.24) is 4.90 Å². The highest BCUT2D eigenvalue weighted by molar-refractivity contribution is 7.98. The third-order valence-electron chi connectivity index (χ3n) is 4.36. The van der Waals surface area contributed by atoms with Crippen LogP contribution in [-0.2, 0) is 0 Å². The zero-order valence-electron chi connectivity index (χ0n) is 9.98. The molecule has 0 heterocycles. The van der Waals surface area contributed by atoms with E-state index in [1.54, 1.807) is 0 Å². The Morgan fingerprint density at radius 1 is 1.33 bits per heavy atom. The van der Waals surface area contributed by atoms with Gasteiger partial charge in [-0.3, -0.25) is 0 Å². The van der Waals surface area contributed by atoms with Crippen LogP contribution in [0.1, 0.15) is 19.3 Å². The first-order valence-corrected chi connectivity index (χ1v) is 7.55. The Labute approximate surface area is 98.0 Å². The number of nitrogens with two attached hydrogens (primary N) is 1. The molecule has 2 fully saturated rings. The van der Waals surface area contributed by atoms with Crippen LogP contribution >= 0.6 is 11.8 Å². The summed E-state index contributed by atoms with van der Waals surface area (Å²) in [5, 5.41) is 0. The average Bonchev–Trinajstić information content (AvgIpc) is 2.79. The second-order valence-corrected chi connectivity index (χ2v) is 6.32. The van der Waals surface area contributed by atoms with Gasteiger partial charge in [-0.2, -0.15) is 11.8 Å². The van der Waals surface area contributed by atoms with Crippen LogP contribution in [-0.4, -0.2) is 43.1 Å². The fourth-order valence-corrected chi connectivity index (χ4v) is 3.92. The first-order chi connectivity index (χ1) is 7.22. The molecule has 0 saturated heterocycles. The fourth-order valence-electron chi connectivity index (χ4n) is 3.42. The Hall–Kier alpha value is 0.270. The van der Waals surface area contributed by atoms with E-state index >= 15 is 0 Å². The number of hydrogen-bond donors (Lipinski definition) is 1. The van der Waals surface area contributed by atoms with E-state index in [0.717, 1.165) is 17.8 Å². The molecule has 0 aromatic rings. The maximum absolute atomic E-state index is 6.31. The first-order valence-electron chi connectivity index (χ1n) is 6.15. The summed E-state index contributed by atoms with van der Waals surface area (Å²) in [6, 6.07) is 0.500. The molecular weight excluding hydrogens is 204 g/mol. The molecule has 3 heteroatoms. The van der Waals surface area contributed by atoms with Gasteiger partial charge in [-0.25, -0.2) is 0 Å². The van der Waals surface area contributed by atoms with Crippen molar-refractivity contribution in [3.05, 3.63) is 0 Å². The number of thioether (sulfide) groups is 1. The Morgan fingerprint density at radius 3 is 2.67 bits per heavy atom. The van der Waals surface area contributed by atoms with Crippen LogP contribution in [0.4, 0.5) is 0 Å². The van der Waals surface area contributed by atoms with E-state index in [0.29, 0.717) is 6.04 Å². The monoisotopic (exact) mass is 228 g/mol. The molecule has 0 aliphatic heterocycles. The summed E-state index contributed by atoms with van der Waals surface area (Å²) in [5.74, 6) is 3.83. The minimum absolute atomic E-state index is 0.500. The van der Waals surface area contributed by atoms with Gasteiger partial charge in [-0.05, 0) is 50.3 Å². The molecule has 4 unspecified atom stereocenters. The average molecular weight is 228 g/mol. The lowest BCUT2D eigenvalue weighted by Crippen LogP contribution is -2.42. The van der Waals surface area contributed by atoms with Crippen molar-refractivity contribution in [3.8, 4) is 0 Å². The Bertz CT molecular complexity index is 208. The van der Waals surface area contributed by atoms with Gasteiger partial charge in [-0.1, -0.05) is 0 Å². The molecule has 0 spiro atoms. The summed E-state index contributed by atoms with van der Waals surface area (Å²) in [5.41, 5.74) is 6.31. The van der Waals surface area contributed by atoms with Crippen molar-refractivity contribution in [3.63, 3.8) is 0 Å². The quantitative estimate of drug-likeness (QED) is 0.776. The SMILES string of the molecule is CSCCN(C)CC1C2CCC(C2)C1N. The van der Waals surface area contributed by atoms with Crippen molar-refractivity contribution < 1.29 is 0 Å². The molecule has 2 aliphatic carbocycles. The molecule has 2 aliphatic rings. The molecular formula is C12H24N2S. The Morgan fingerprint density at radius 2 is 2.07 bits per heavy atom. The summed E-state index contributed by atoms with van der Waals surface area (Å²) < 4.78 is 0. The second-order valence-electron chi connectivity index (χ2n) is 5.33. The predicted octanol–water partition coefficient (Wildman–Crippen LogP) is 1.65. The minimum Gasteiger partial charge on any atom is -0.327 e. The van der Waals surface area contributed by atoms with Gasteiger partial charge in [0, 0.05) is 24.9 Å². The summed E-state index contributed by atoms with van der Waals surface area (Å²) in [6.07, 6.45) is 6.44. The zero-order valence-corrected chi connectivity index (χ0v) is 10.8. The van der Waals surface area contributed by atoms with E-state index in [4.69, 9.17) is 5.73 Å². The van der Waals surface area contributed by atoms with Crippen LogP contribution in [0, 0.1) is 17.8 Å². The van der Waals surface area contributed by atoms with Crippen LogP contribution < -0.4 is 5.73 Å². The molecule has 0 amide bonds. The van der Waals surface area contributed by atoms with Crippen molar-refractivity contribution in [2.45, 2.75) is 25.3 Å². The molecule has 4 atom stereocenters. The van der Waals surface area contributed by atoms with Crippen LogP contribution in [0.15, 0.2) is 0 Å². The molecule has 2 N–H and O–H groups in total. The summed E-state index contributed by atoms with van der Waals surface area (Å²) in [7, 11) is 2.24. The van der Waals surface area contributed by atoms with Gasteiger partial charge in [-0.15, -0.1) is 0 Å². The first kappa shape index (κ1) is 11.7. The van der Waals surface area contributed by atoms with Crippen LogP contribution in [0.5, 0.6) is 0 Å². The summed E-state index contributed by atoms with van der Waals surface area (Å²) >= 11 is 1.93. The third kappa shape index (κ3) is 2.51. The lowest BCUT2D eigenvalue weighted by atomic mass is 9.84. The maximum atomic E-state index is 6.31. The largest absolute Gasteiger partial charge is 0.327 e. The number of fused-ring (bicyclic) bond motifs is 2. The van der Waals surface area contributed by atoms with Gasteiger partial charge in [0.2, 0.25) is 0 Å². The van der Waals surface area contributed by atoms with E-state index in [9.17, 15) is 0 Å². The Balaban J connectivity index is 1.79. The smallest absolute Gasteiger partial charge is 0.0111 e. The van der Waals surface area contributed by atoms with Crippen molar-refractivity contribution in [1.29, 1.82) is 0 Å². The lowest BCUT2D eigenvalue weighted by Gasteiger charge is -2.31. The minimum atomic E-state index is 0.500. The van der Waals surface area contributed by atoms with Crippen molar-refractivity contribution in [2.24, 2.45) is 23.5 Å². The van der Waals surface area contributed by atoms with E-state index in [1.165, 1.54) is 38.1 Å². The van der Waals surface area contributed by atoms with E-state index in [-0.39, 0.29) is 0 Å². The van der Waals surface area contributed by atoms with Crippen LogP contribution in [0.2, 0.25) is 0 Å². The summed E-state index contributed by atoms with van der Waals surface area (Å²) in [4.78, 5) is 2.47. The molecule has 0 aromatic carbocycles. The molecule has 15 heavy (non-hydrogen) atoms. The van der Waals surface area contributed by atoms with Gasteiger partial charge in [0.1, 0.15) is 0 Å². The van der Waals surface area contributed by atoms with E-state index < -0.39 is 0 Å². The van der Waals surface area contributed by atoms with Gasteiger partial charge < -0.3 is 10.6 Å². The lowest BCUT2D eigenvalue weighted by molar-refractivity contribution is 0.205. The fraction of sp³-hybridized carbons (Fsp3) is 1.00. The number of hydrogen-bond acceptors (Lipinski definition) is 3. The van der Waals surface area contributed by atoms with Crippen molar-refractivity contribution >= 4 is 11.8 Å². The van der Waals surface area contributed by atoms with Gasteiger partial charge in [0.25, 0.3) is 0 Å². The molecule has 2 rings (SSSR count). The molecule has 2 nitrogen and oxygen atoms in total. The highest BCUT2D eigenvalue weighted by Crippen LogP contribution is 2.47. The molecule has 2 saturated carbocycles. The van der Waals surface area contributed by atoms with Gasteiger partial charge in [0.15, 0.2) is 0 Å². The van der Waals surface area contributed by atoms with E-state index in [1.807, 2.05) is 11.8 Å². The molecule has 0 radical (unpaired) electrons. The number of nitrogens with zero attached hydrogens (tertiary/aromatic N) is 1. The van der Waals surface area contributed by atoms with Crippen LogP contribution in [0.3, 0.4) is 0 Å². The normalized spacial score (nSPS) is 39.2. The standard InChI is InChI=1S/C12H24N2S/c1-14(5-6-15-2)8-11-9-3-4-10(7-9)12(11)13/h9-12H,3-8,13H2,1-2H3. The third-order valence-corrected chi connectivity index (χ3v) is 4.95. The number of rotatable bonds is 5. The van der Waals surface area contributed by atoms with Crippen LogP contribution in [0.25, 0.3) is 0 Å². The summed E-state index contributed by atoms with van der Waals surface area (Å²) in [6.45, 7) is 2.44. The van der Waals surface area contributed by atoms with Gasteiger partial charge >= 0.3 is 0 Å². The second kappa shape index (κ2) is 5.07. The van der Waals surface area contributed by atoms with Crippen molar-refractivity contribution in [2.75, 3.05) is 32.1 Å². The molecule has 2 bridgehead atoms. The Kier molecular flexibility index (Phi) is 3.97.